The smallest absolute Gasteiger partial charge is 0.315 e. The van der Waals surface area contributed by atoms with Crippen molar-refractivity contribution in [3.05, 3.63) is 0 Å². The molecule has 0 aromatic rings. The van der Waals surface area contributed by atoms with Crippen LogP contribution in [0.1, 0.15) is 52.4 Å². The van der Waals surface area contributed by atoms with Crippen molar-refractivity contribution in [3.63, 3.8) is 0 Å². The highest BCUT2D eigenvalue weighted by atomic mass is 16.4. The first-order valence-corrected chi connectivity index (χ1v) is 7.29. The van der Waals surface area contributed by atoms with E-state index in [2.05, 4.69) is 17.6 Å². The van der Waals surface area contributed by atoms with Crippen LogP contribution in [0.15, 0.2) is 0 Å². The standard InChI is InChI=1S/C14H26N2O3/c1-3-12(8-13(17)18)16-14(19)15-9-11-7-5-4-6-10(11)2/h10-12H,3-9H2,1-2H3,(H,17,18)(H2,15,16,19). The molecule has 0 saturated heterocycles. The second-order valence-electron chi connectivity index (χ2n) is 5.58. The van der Waals surface area contributed by atoms with Crippen LogP contribution in [0.2, 0.25) is 0 Å². The zero-order valence-electron chi connectivity index (χ0n) is 11.9. The van der Waals surface area contributed by atoms with E-state index in [1.165, 1.54) is 25.7 Å². The lowest BCUT2D eigenvalue weighted by atomic mass is 9.80. The van der Waals surface area contributed by atoms with E-state index < -0.39 is 5.97 Å². The van der Waals surface area contributed by atoms with Gasteiger partial charge in [0.05, 0.1) is 6.42 Å². The van der Waals surface area contributed by atoms with Crippen molar-refractivity contribution in [2.24, 2.45) is 11.8 Å². The molecule has 5 heteroatoms. The summed E-state index contributed by atoms with van der Waals surface area (Å²) in [5.41, 5.74) is 0. The van der Waals surface area contributed by atoms with E-state index in [-0.39, 0.29) is 18.5 Å². The number of carbonyl (C=O) groups excluding carboxylic acids is 1. The maximum atomic E-state index is 11.7. The van der Waals surface area contributed by atoms with Crippen molar-refractivity contribution in [3.8, 4) is 0 Å². The molecule has 1 saturated carbocycles. The van der Waals surface area contributed by atoms with Gasteiger partial charge in [-0.3, -0.25) is 4.79 Å². The number of aliphatic carboxylic acids is 1. The number of rotatable bonds is 6. The van der Waals surface area contributed by atoms with E-state index in [0.717, 1.165) is 0 Å². The Hall–Kier alpha value is -1.26. The molecule has 19 heavy (non-hydrogen) atoms. The number of urea groups is 1. The van der Waals surface area contributed by atoms with Gasteiger partial charge in [0.2, 0.25) is 0 Å². The second kappa shape index (κ2) is 8.02. The molecule has 0 bridgehead atoms. The van der Waals surface area contributed by atoms with Crippen molar-refractivity contribution in [1.82, 2.24) is 10.6 Å². The number of nitrogens with one attached hydrogen (secondary N) is 2. The molecule has 1 aliphatic carbocycles. The molecule has 3 unspecified atom stereocenters. The van der Waals surface area contributed by atoms with E-state index in [1.807, 2.05) is 6.92 Å². The molecular formula is C14H26N2O3. The van der Waals surface area contributed by atoms with Gasteiger partial charge in [-0.15, -0.1) is 0 Å². The SMILES string of the molecule is CCC(CC(=O)O)NC(=O)NCC1CCCCC1C. The Balaban J connectivity index is 2.27. The van der Waals surface area contributed by atoms with Gasteiger partial charge in [-0.1, -0.05) is 33.1 Å². The first-order chi connectivity index (χ1) is 9.02. The molecule has 1 aliphatic rings. The Morgan fingerprint density at radius 3 is 2.58 bits per heavy atom. The molecule has 1 rings (SSSR count). The molecule has 110 valence electrons. The molecule has 0 heterocycles. The maximum absolute atomic E-state index is 11.7. The van der Waals surface area contributed by atoms with Crippen LogP contribution in [0.3, 0.4) is 0 Å². The molecule has 0 aliphatic heterocycles. The molecule has 0 spiro atoms. The Morgan fingerprint density at radius 2 is 2.00 bits per heavy atom. The lowest BCUT2D eigenvalue weighted by molar-refractivity contribution is -0.137. The predicted octanol–water partition coefficient (Wildman–Crippen LogP) is 2.37. The number of hydrogen-bond acceptors (Lipinski definition) is 2. The van der Waals surface area contributed by atoms with Gasteiger partial charge in [-0.05, 0) is 24.7 Å². The summed E-state index contributed by atoms with van der Waals surface area (Å²) < 4.78 is 0. The van der Waals surface area contributed by atoms with Crippen molar-refractivity contribution in [2.75, 3.05) is 6.54 Å². The van der Waals surface area contributed by atoms with Crippen LogP contribution in [0, 0.1) is 11.8 Å². The third-order valence-electron chi connectivity index (χ3n) is 4.06. The van der Waals surface area contributed by atoms with Crippen LogP contribution in [-0.4, -0.2) is 29.7 Å². The van der Waals surface area contributed by atoms with Crippen molar-refractivity contribution >= 4 is 12.0 Å². The van der Waals surface area contributed by atoms with Crippen LogP contribution >= 0.6 is 0 Å². The summed E-state index contributed by atoms with van der Waals surface area (Å²) in [5.74, 6) is 0.335. The Morgan fingerprint density at radius 1 is 1.32 bits per heavy atom. The summed E-state index contributed by atoms with van der Waals surface area (Å²) >= 11 is 0. The molecular weight excluding hydrogens is 244 g/mol. The van der Waals surface area contributed by atoms with Crippen LogP contribution in [-0.2, 0) is 4.79 Å². The highest BCUT2D eigenvalue weighted by molar-refractivity contribution is 5.75. The molecule has 3 N–H and O–H groups in total. The van der Waals surface area contributed by atoms with Crippen LogP contribution < -0.4 is 10.6 Å². The van der Waals surface area contributed by atoms with Gasteiger partial charge in [0, 0.05) is 12.6 Å². The number of hydrogen-bond donors (Lipinski definition) is 3. The van der Waals surface area contributed by atoms with Gasteiger partial charge in [-0.2, -0.15) is 0 Å². The van der Waals surface area contributed by atoms with Gasteiger partial charge in [0.15, 0.2) is 0 Å². The van der Waals surface area contributed by atoms with E-state index >= 15 is 0 Å². The molecule has 3 atom stereocenters. The molecule has 1 fully saturated rings. The van der Waals surface area contributed by atoms with Crippen molar-refractivity contribution in [1.29, 1.82) is 0 Å². The highest BCUT2D eigenvalue weighted by Gasteiger charge is 2.22. The first-order valence-electron chi connectivity index (χ1n) is 7.29. The Labute approximate surface area is 115 Å². The topological polar surface area (TPSA) is 78.4 Å². The second-order valence-corrected chi connectivity index (χ2v) is 5.58. The molecule has 0 aromatic heterocycles. The lowest BCUT2D eigenvalue weighted by Crippen LogP contribution is -2.45. The number of carbonyl (C=O) groups is 2. The predicted molar refractivity (Wildman–Crippen MR) is 74.0 cm³/mol. The summed E-state index contributed by atoms with van der Waals surface area (Å²) in [4.78, 5) is 22.4. The quantitative estimate of drug-likeness (QED) is 0.693. The summed E-state index contributed by atoms with van der Waals surface area (Å²) in [7, 11) is 0. The zero-order valence-corrected chi connectivity index (χ0v) is 11.9. The average Bonchev–Trinajstić information content (AvgIpc) is 2.36. The first kappa shape index (κ1) is 15.8. The highest BCUT2D eigenvalue weighted by Crippen LogP contribution is 2.28. The lowest BCUT2D eigenvalue weighted by Gasteiger charge is -2.29. The molecule has 0 aromatic carbocycles. The normalized spacial score (nSPS) is 24.5. The average molecular weight is 270 g/mol. The number of carboxylic acids is 1. The fourth-order valence-corrected chi connectivity index (χ4v) is 2.66. The van der Waals surface area contributed by atoms with Crippen LogP contribution in [0.4, 0.5) is 4.79 Å². The Bertz CT molecular complexity index is 307. The largest absolute Gasteiger partial charge is 0.481 e. The van der Waals surface area contributed by atoms with Crippen LogP contribution in [0.25, 0.3) is 0 Å². The zero-order chi connectivity index (χ0) is 14.3. The van der Waals surface area contributed by atoms with Gasteiger partial charge < -0.3 is 15.7 Å². The van der Waals surface area contributed by atoms with E-state index in [1.54, 1.807) is 0 Å². The fraction of sp³-hybridized carbons (Fsp3) is 0.857. The van der Waals surface area contributed by atoms with Gasteiger partial charge in [0.25, 0.3) is 0 Å². The minimum Gasteiger partial charge on any atom is -0.481 e. The summed E-state index contributed by atoms with van der Waals surface area (Å²) in [5, 5.41) is 14.3. The third-order valence-corrected chi connectivity index (χ3v) is 4.06. The maximum Gasteiger partial charge on any atom is 0.315 e. The van der Waals surface area contributed by atoms with Gasteiger partial charge >= 0.3 is 12.0 Å². The van der Waals surface area contributed by atoms with E-state index in [9.17, 15) is 9.59 Å². The molecule has 0 radical (unpaired) electrons. The minimum atomic E-state index is -0.881. The van der Waals surface area contributed by atoms with Crippen molar-refractivity contribution in [2.45, 2.75) is 58.4 Å². The van der Waals surface area contributed by atoms with Crippen LogP contribution in [0.5, 0.6) is 0 Å². The summed E-state index contributed by atoms with van der Waals surface area (Å²) in [6.45, 7) is 4.80. The van der Waals surface area contributed by atoms with Gasteiger partial charge in [0.1, 0.15) is 0 Å². The van der Waals surface area contributed by atoms with Crippen molar-refractivity contribution < 1.29 is 14.7 Å². The number of amides is 2. The van der Waals surface area contributed by atoms with E-state index in [4.69, 9.17) is 5.11 Å². The van der Waals surface area contributed by atoms with Gasteiger partial charge in [-0.25, -0.2) is 4.79 Å². The third kappa shape index (κ3) is 5.94. The van der Waals surface area contributed by atoms with E-state index in [0.29, 0.717) is 24.8 Å². The number of carboxylic acid groups (broad SMARTS) is 1. The molecule has 5 nitrogen and oxygen atoms in total. The summed E-state index contributed by atoms with van der Waals surface area (Å²) in [6, 6.07) is -0.535. The molecule has 2 amide bonds. The Kier molecular flexibility index (Phi) is 6.67. The fourth-order valence-electron chi connectivity index (χ4n) is 2.66. The summed E-state index contributed by atoms with van der Waals surface area (Å²) in [6.07, 6.45) is 5.55. The monoisotopic (exact) mass is 270 g/mol. The minimum absolute atomic E-state index is 0.0241.